The van der Waals surface area contributed by atoms with Gasteiger partial charge in [0.2, 0.25) is 0 Å². The molecule has 132 valence electrons. The van der Waals surface area contributed by atoms with E-state index in [-0.39, 0.29) is 18.1 Å². The smallest absolute Gasteiger partial charge is 0.410 e. The van der Waals surface area contributed by atoms with Gasteiger partial charge in [-0.25, -0.2) is 4.79 Å². The zero-order valence-corrected chi connectivity index (χ0v) is 14.9. The summed E-state index contributed by atoms with van der Waals surface area (Å²) in [6.45, 7) is 8.86. The predicted octanol–water partition coefficient (Wildman–Crippen LogP) is 2.55. The summed E-state index contributed by atoms with van der Waals surface area (Å²) in [5.74, 6) is 0. The van der Waals surface area contributed by atoms with Gasteiger partial charge in [-0.1, -0.05) is 18.2 Å². The number of ether oxygens (including phenoxy) is 1. The summed E-state index contributed by atoms with van der Waals surface area (Å²) in [4.78, 5) is 14.0. The number of piperidine rings is 1. The van der Waals surface area contributed by atoms with Crippen molar-refractivity contribution in [1.29, 1.82) is 0 Å². The number of nitrogens with one attached hydrogen (secondary N) is 1. The standard InChI is InChI=1S/C19H28N2O3/c1-18(2,3)24-17(23)21-11-14-4-5-16(10-15(14)12-21)19(13-22)6-8-20-9-7-19/h4-5,10,20,22H,6-9,11-13H2,1-3H3. The van der Waals surface area contributed by atoms with Gasteiger partial charge in [0.15, 0.2) is 0 Å². The molecule has 0 aliphatic carbocycles. The van der Waals surface area contributed by atoms with E-state index in [1.807, 2.05) is 20.8 Å². The van der Waals surface area contributed by atoms with Gasteiger partial charge >= 0.3 is 6.09 Å². The van der Waals surface area contributed by atoms with Crippen molar-refractivity contribution in [2.75, 3.05) is 19.7 Å². The Balaban J connectivity index is 1.78. The molecule has 1 aromatic carbocycles. The van der Waals surface area contributed by atoms with Crippen LogP contribution in [-0.4, -0.2) is 41.4 Å². The van der Waals surface area contributed by atoms with Crippen molar-refractivity contribution in [3.8, 4) is 0 Å². The van der Waals surface area contributed by atoms with E-state index in [2.05, 4.69) is 23.5 Å². The lowest BCUT2D eigenvalue weighted by Gasteiger charge is -2.36. The van der Waals surface area contributed by atoms with Crippen molar-refractivity contribution < 1.29 is 14.6 Å². The first-order chi connectivity index (χ1) is 11.3. The fraction of sp³-hybridized carbons (Fsp3) is 0.632. The van der Waals surface area contributed by atoms with E-state index >= 15 is 0 Å². The van der Waals surface area contributed by atoms with Crippen LogP contribution >= 0.6 is 0 Å². The summed E-state index contributed by atoms with van der Waals surface area (Å²) in [5, 5.41) is 13.4. The Morgan fingerprint density at radius 1 is 1.25 bits per heavy atom. The molecule has 1 fully saturated rings. The Bertz CT molecular complexity index is 616. The van der Waals surface area contributed by atoms with Crippen LogP contribution in [0.25, 0.3) is 0 Å². The number of benzene rings is 1. The first-order valence-electron chi connectivity index (χ1n) is 8.75. The fourth-order valence-electron chi connectivity index (χ4n) is 3.62. The summed E-state index contributed by atoms with van der Waals surface area (Å²) >= 11 is 0. The highest BCUT2D eigenvalue weighted by Crippen LogP contribution is 2.36. The van der Waals surface area contributed by atoms with Crippen molar-refractivity contribution in [3.63, 3.8) is 0 Å². The van der Waals surface area contributed by atoms with E-state index in [4.69, 9.17) is 4.74 Å². The van der Waals surface area contributed by atoms with Crippen LogP contribution in [-0.2, 0) is 23.2 Å². The van der Waals surface area contributed by atoms with Gasteiger partial charge < -0.3 is 15.2 Å². The van der Waals surface area contributed by atoms with Crippen LogP contribution in [0.4, 0.5) is 4.79 Å². The van der Waals surface area contributed by atoms with Gasteiger partial charge in [-0.15, -0.1) is 0 Å². The second-order valence-corrected chi connectivity index (χ2v) is 8.01. The first-order valence-corrected chi connectivity index (χ1v) is 8.75. The molecule has 0 radical (unpaired) electrons. The lowest BCUT2D eigenvalue weighted by molar-refractivity contribution is 0.0242. The Hall–Kier alpha value is -1.59. The van der Waals surface area contributed by atoms with Gasteiger partial charge in [0.25, 0.3) is 0 Å². The zero-order valence-electron chi connectivity index (χ0n) is 14.9. The highest BCUT2D eigenvalue weighted by molar-refractivity contribution is 5.69. The minimum Gasteiger partial charge on any atom is -0.444 e. The predicted molar refractivity (Wildman–Crippen MR) is 92.8 cm³/mol. The van der Waals surface area contributed by atoms with Gasteiger partial charge in [-0.05, 0) is 63.4 Å². The second kappa shape index (κ2) is 6.37. The highest BCUT2D eigenvalue weighted by Gasteiger charge is 2.35. The lowest BCUT2D eigenvalue weighted by atomic mass is 9.73. The van der Waals surface area contributed by atoms with Gasteiger partial charge in [0.05, 0.1) is 6.61 Å². The number of aliphatic hydroxyl groups excluding tert-OH is 1. The Kier molecular flexibility index (Phi) is 4.58. The number of fused-ring (bicyclic) bond motifs is 1. The van der Waals surface area contributed by atoms with Crippen molar-refractivity contribution in [2.45, 2.75) is 57.7 Å². The van der Waals surface area contributed by atoms with E-state index in [1.54, 1.807) is 4.90 Å². The molecule has 0 spiro atoms. The van der Waals surface area contributed by atoms with Crippen LogP contribution in [0.5, 0.6) is 0 Å². The summed E-state index contributed by atoms with van der Waals surface area (Å²) in [6, 6.07) is 6.41. The third kappa shape index (κ3) is 3.42. The average molecular weight is 332 g/mol. The van der Waals surface area contributed by atoms with Crippen LogP contribution in [0.3, 0.4) is 0 Å². The number of aliphatic hydroxyl groups is 1. The molecule has 2 aliphatic heterocycles. The minimum absolute atomic E-state index is 0.153. The molecule has 1 amide bonds. The van der Waals surface area contributed by atoms with Crippen LogP contribution in [0.1, 0.15) is 50.3 Å². The molecule has 0 aromatic heterocycles. The van der Waals surface area contributed by atoms with Gasteiger partial charge in [-0.2, -0.15) is 0 Å². The van der Waals surface area contributed by atoms with Crippen LogP contribution in [0.2, 0.25) is 0 Å². The molecule has 0 unspecified atom stereocenters. The van der Waals surface area contributed by atoms with Gasteiger partial charge in [0, 0.05) is 18.5 Å². The van der Waals surface area contributed by atoms with Gasteiger partial charge in [-0.3, -0.25) is 4.90 Å². The molecule has 5 nitrogen and oxygen atoms in total. The molecule has 1 saturated heterocycles. The summed E-state index contributed by atoms with van der Waals surface area (Å²) in [5.41, 5.74) is 2.90. The SMILES string of the molecule is CC(C)(C)OC(=O)N1Cc2ccc(C3(CO)CCNCC3)cc2C1. The largest absolute Gasteiger partial charge is 0.444 e. The lowest BCUT2D eigenvalue weighted by Crippen LogP contribution is -2.42. The number of carbonyl (C=O) groups is 1. The molecule has 24 heavy (non-hydrogen) atoms. The van der Waals surface area contributed by atoms with E-state index in [0.717, 1.165) is 25.9 Å². The maximum Gasteiger partial charge on any atom is 0.410 e. The Morgan fingerprint density at radius 3 is 2.54 bits per heavy atom. The van der Waals surface area contributed by atoms with Gasteiger partial charge in [0.1, 0.15) is 5.60 Å². The first kappa shape index (κ1) is 17.2. The molecule has 5 heteroatoms. The van der Waals surface area contributed by atoms with E-state index in [9.17, 15) is 9.90 Å². The highest BCUT2D eigenvalue weighted by atomic mass is 16.6. The van der Waals surface area contributed by atoms with Crippen LogP contribution < -0.4 is 5.32 Å². The molecular weight excluding hydrogens is 304 g/mol. The van der Waals surface area contributed by atoms with Crippen molar-refractivity contribution in [2.24, 2.45) is 0 Å². The third-order valence-electron chi connectivity index (χ3n) is 5.06. The molecule has 3 rings (SSSR count). The maximum atomic E-state index is 12.3. The molecule has 0 atom stereocenters. The third-order valence-corrected chi connectivity index (χ3v) is 5.06. The molecular formula is C19H28N2O3. The van der Waals surface area contributed by atoms with E-state index in [0.29, 0.717) is 13.1 Å². The fourth-order valence-corrected chi connectivity index (χ4v) is 3.62. The van der Waals surface area contributed by atoms with Crippen LogP contribution in [0, 0.1) is 0 Å². The van der Waals surface area contributed by atoms with E-state index in [1.165, 1.54) is 16.7 Å². The zero-order chi connectivity index (χ0) is 17.4. The van der Waals surface area contributed by atoms with E-state index < -0.39 is 5.60 Å². The molecule has 0 saturated carbocycles. The normalized spacial score (nSPS) is 19.9. The number of carbonyl (C=O) groups excluding carboxylic acids is 1. The molecule has 2 N–H and O–H groups in total. The molecule has 2 aliphatic rings. The Labute approximate surface area is 144 Å². The quantitative estimate of drug-likeness (QED) is 0.874. The number of amides is 1. The molecule has 2 heterocycles. The summed E-state index contributed by atoms with van der Waals surface area (Å²) in [7, 11) is 0. The topological polar surface area (TPSA) is 61.8 Å². The Morgan fingerprint density at radius 2 is 1.92 bits per heavy atom. The van der Waals surface area contributed by atoms with Crippen LogP contribution in [0.15, 0.2) is 18.2 Å². The summed E-state index contributed by atoms with van der Waals surface area (Å²) < 4.78 is 5.48. The van der Waals surface area contributed by atoms with Crippen molar-refractivity contribution in [3.05, 3.63) is 34.9 Å². The van der Waals surface area contributed by atoms with Crippen molar-refractivity contribution >= 4 is 6.09 Å². The number of hydrogen-bond donors (Lipinski definition) is 2. The molecule has 0 bridgehead atoms. The number of nitrogens with zero attached hydrogens (tertiary/aromatic N) is 1. The second-order valence-electron chi connectivity index (χ2n) is 8.01. The minimum atomic E-state index is -0.479. The number of hydrogen-bond acceptors (Lipinski definition) is 4. The number of rotatable bonds is 2. The molecule has 1 aromatic rings. The average Bonchev–Trinajstić information content (AvgIpc) is 2.97. The maximum absolute atomic E-state index is 12.3. The van der Waals surface area contributed by atoms with Crippen molar-refractivity contribution in [1.82, 2.24) is 10.2 Å². The monoisotopic (exact) mass is 332 g/mol. The summed E-state index contributed by atoms with van der Waals surface area (Å²) in [6.07, 6.45) is 1.62.